The fraction of sp³-hybridized carbons (Fsp3) is 0.571. The van der Waals surface area contributed by atoms with Gasteiger partial charge in [-0.05, 0) is 29.0 Å². The second-order valence-corrected chi connectivity index (χ2v) is 8.55. The molecule has 2 N–H and O–H groups in total. The number of aliphatic hydroxyl groups excluding tert-OH is 1. The van der Waals surface area contributed by atoms with Gasteiger partial charge in [-0.2, -0.15) is 0 Å². The van der Waals surface area contributed by atoms with E-state index < -0.39 is 10.0 Å². The molecule has 0 radical (unpaired) electrons. The summed E-state index contributed by atoms with van der Waals surface area (Å²) in [4.78, 5) is -0.0721. The molecule has 0 atom stereocenters. The van der Waals surface area contributed by atoms with E-state index in [1.807, 2.05) is 27.7 Å². The van der Waals surface area contributed by atoms with Gasteiger partial charge in [-0.15, -0.1) is 0 Å². The van der Waals surface area contributed by atoms with Crippen molar-refractivity contribution in [3.63, 3.8) is 0 Å². The first-order valence-electron chi connectivity index (χ1n) is 6.59. The zero-order chi connectivity index (χ0) is 16.4. The van der Waals surface area contributed by atoms with Gasteiger partial charge in [0.15, 0.2) is 0 Å². The van der Waals surface area contributed by atoms with E-state index in [0.717, 1.165) is 0 Å². The first kappa shape index (κ1) is 18.7. The normalized spacial score (nSPS) is 13.0. The van der Waals surface area contributed by atoms with Gasteiger partial charge in [0, 0.05) is 11.6 Å². The Hall–Kier alpha value is -0.330. The first-order valence-corrected chi connectivity index (χ1v) is 8.83. The lowest BCUT2D eigenvalue weighted by atomic mass is 9.81. The van der Waals surface area contributed by atoms with Gasteiger partial charge < -0.3 is 5.11 Å². The number of halogens is 2. The first-order chi connectivity index (χ1) is 9.51. The minimum atomic E-state index is -3.76. The van der Waals surface area contributed by atoms with Crippen molar-refractivity contribution in [2.45, 2.75) is 39.2 Å². The topological polar surface area (TPSA) is 66.4 Å². The number of sulfonamides is 1. The summed E-state index contributed by atoms with van der Waals surface area (Å²) in [7, 11) is -3.76. The molecule has 120 valence electrons. The average Bonchev–Trinajstić information content (AvgIpc) is 2.36. The van der Waals surface area contributed by atoms with E-state index in [1.165, 1.54) is 12.1 Å². The molecule has 1 aromatic carbocycles. The number of hydrogen-bond donors (Lipinski definition) is 2. The lowest BCUT2D eigenvalue weighted by molar-refractivity contribution is 0.252. The second kappa shape index (κ2) is 6.84. The maximum Gasteiger partial charge on any atom is 0.242 e. The van der Waals surface area contributed by atoms with Crippen molar-refractivity contribution in [2.75, 3.05) is 6.54 Å². The lowest BCUT2D eigenvalue weighted by Crippen LogP contribution is -2.37. The van der Waals surface area contributed by atoms with Crippen molar-refractivity contribution < 1.29 is 13.5 Å². The molecule has 0 saturated carbocycles. The average molecular weight is 354 g/mol. The van der Waals surface area contributed by atoms with Gasteiger partial charge in [-0.3, -0.25) is 0 Å². The van der Waals surface area contributed by atoms with Crippen LogP contribution in [0.2, 0.25) is 10.0 Å². The van der Waals surface area contributed by atoms with Crippen LogP contribution >= 0.6 is 23.2 Å². The molecule has 0 aliphatic heterocycles. The van der Waals surface area contributed by atoms with Crippen LogP contribution in [0.5, 0.6) is 0 Å². The Morgan fingerprint density at radius 2 is 1.81 bits per heavy atom. The lowest BCUT2D eigenvalue weighted by Gasteiger charge is -2.29. The van der Waals surface area contributed by atoms with E-state index in [0.29, 0.717) is 18.0 Å². The summed E-state index contributed by atoms with van der Waals surface area (Å²) in [6.45, 7) is 7.99. The zero-order valence-corrected chi connectivity index (χ0v) is 14.9. The number of nitrogens with one attached hydrogen (secondary N) is 1. The Balaban J connectivity index is 3.09. The highest BCUT2D eigenvalue weighted by Crippen LogP contribution is 2.30. The van der Waals surface area contributed by atoms with Crippen molar-refractivity contribution in [1.29, 1.82) is 0 Å². The number of benzene rings is 1. The Kier molecular flexibility index (Phi) is 6.09. The standard InChI is InChI=1S/C14H21Cl2NO3S/c1-9(2)14(3,4)8-17-21(19,20)13-5-10(7-18)11(15)6-12(13)16/h5-6,9,17-18H,7-8H2,1-4H3. The Morgan fingerprint density at radius 1 is 1.24 bits per heavy atom. The van der Waals surface area contributed by atoms with Gasteiger partial charge in [0.2, 0.25) is 10.0 Å². The van der Waals surface area contributed by atoms with Crippen molar-refractivity contribution >= 4 is 33.2 Å². The number of hydrogen-bond acceptors (Lipinski definition) is 3. The fourth-order valence-electron chi connectivity index (χ4n) is 1.46. The predicted molar refractivity (Wildman–Crippen MR) is 86.2 cm³/mol. The van der Waals surface area contributed by atoms with E-state index in [2.05, 4.69) is 4.72 Å². The van der Waals surface area contributed by atoms with Gasteiger partial charge in [-0.25, -0.2) is 13.1 Å². The minimum absolute atomic E-state index is 0.0343. The molecular weight excluding hydrogens is 333 g/mol. The fourth-order valence-corrected chi connectivity index (χ4v) is 3.54. The molecule has 0 aromatic heterocycles. The summed E-state index contributed by atoms with van der Waals surface area (Å²) in [6, 6.07) is 2.63. The molecule has 0 unspecified atom stereocenters. The van der Waals surface area contributed by atoms with Crippen LogP contribution < -0.4 is 4.72 Å². The monoisotopic (exact) mass is 353 g/mol. The summed E-state index contributed by atoms with van der Waals surface area (Å²) in [6.07, 6.45) is 0. The highest BCUT2D eigenvalue weighted by atomic mass is 35.5. The third-order valence-corrected chi connectivity index (χ3v) is 6.06. The van der Waals surface area contributed by atoms with Gasteiger partial charge in [0.05, 0.1) is 11.6 Å². The van der Waals surface area contributed by atoms with E-state index in [1.54, 1.807) is 0 Å². The Labute approximate surface area is 136 Å². The minimum Gasteiger partial charge on any atom is -0.392 e. The van der Waals surface area contributed by atoms with Crippen LogP contribution in [0.4, 0.5) is 0 Å². The highest BCUT2D eigenvalue weighted by Gasteiger charge is 2.27. The van der Waals surface area contributed by atoms with Crippen LogP contribution in [0, 0.1) is 11.3 Å². The number of aliphatic hydroxyl groups is 1. The van der Waals surface area contributed by atoms with Crippen LogP contribution in [-0.2, 0) is 16.6 Å². The van der Waals surface area contributed by atoms with Crippen LogP contribution in [0.25, 0.3) is 0 Å². The van der Waals surface area contributed by atoms with Crippen molar-refractivity contribution in [2.24, 2.45) is 11.3 Å². The van der Waals surface area contributed by atoms with Crippen molar-refractivity contribution in [3.05, 3.63) is 27.7 Å². The molecule has 21 heavy (non-hydrogen) atoms. The zero-order valence-electron chi connectivity index (χ0n) is 12.6. The van der Waals surface area contributed by atoms with Crippen LogP contribution in [0.3, 0.4) is 0 Å². The largest absolute Gasteiger partial charge is 0.392 e. The van der Waals surface area contributed by atoms with E-state index in [4.69, 9.17) is 23.2 Å². The van der Waals surface area contributed by atoms with Gasteiger partial charge >= 0.3 is 0 Å². The third kappa shape index (κ3) is 4.57. The van der Waals surface area contributed by atoms with Gasteiger partial charge in [0.1, 0.15) is 4.90 Å². The predicted octanol–water partition coefficient (Wildman–Crippen LogP) is 3.45. The molecular formula is C14H21Cl2NO3S. The third-order valence-electron chi connectivity index (χ3n) is 3.84. The molecule has 0 aliphatic rings. The van der Waals surface area contributed by atoms with E-state index >= 15 is 0 Å². The molecule has 0 bridgehead atoms. The summed E-state index contributed by atoms with van der Waals surface area (Å²) in [5, 5.41) is 9.46. The summed E-state index contributed by atoms with van der Waals surface area (Å²) >= 11 is 11.9. The molecule has 0 fully saturated rings. The van der Waals surface area contributed by atoms with Gasteiger partial charge in [0.25, 0.3) is 0 Å². The van der Waals surface area contributed by atoms with E-state index in [-0.39, 0.29) is 27.0 Å². The summed E-state index contributed by atoms with van der Waals surface area (Å²) < 4.78 is 27.3. The van der Waals surface area contributed by atoms with Gasteiger partial charge in [-0.1, -0.05) is 50.9 Å². The maximum atomic E-state index is 12.4. The molecule has 1 rings (SSSR count). The van der Waals surface area contributed by atoms with Crippen molar-refractivity contribution in [1.82, 2.24) is 4.72 Å². The number of rotatable bonds is 6. The second-order valence-electron chi connectivity index (χ2n) is 6.00. The Morgan fingerprint density at radius 3 is 2.29 bits per heavy atom. The molecule has 0 amide bonds. The van der Waals surface area contributed by atoms with Crippen molar-refractivity contribution in [3.8, 4) is 0 Å². The molecule has 0 heterocycles. The molecule has 7 heteroatoms. The highest BCUT2D eigenvalue weighted by molar-refractivity contribution is 7.89. The smallest absolute Gasteiger partial charge is 0.242 e. The molecule has 0 spiro atoms. The summed E-state index contributed by atoms with van der Waals surface area (Å²) in [5.41, 5.74) is 0.135. The van der Waals surface area contributed by atoms with Crippen LogP contribution in [0.1, 0.15) is 33.3 Å². The molecule has 0 aliphatic carbocycles. The molecule has 1 aromatic rings. The Bertz CT molecular complexity index is 613. The molecule has 4 nitrogen and oxygen atoms in total. The quantitative estimate of drug-likeness (QED) is 0.822. The van der Waals surface area contributed by atoms with E-state index in [9.17, 15) is 13.5 Å². The maximum absolute atomic E-state index is 12.4. The molecule has 0 saturated heterocycles. The van der Waals surface area contributed by atoms with Crippen LogP contribution in [0.15, 0.2) is 17.0 Å². The SMILES string of the molecule is CC(C)C(C)(C)CNS(=O)(=O)c1cc(CO)c(Cl)cc1Cl. The summed E-state index contributed by atoms with van der Waals surface area (Å²) in [5.74, 6) is 0.314. The van der Waals surface area contributed by atoms with Crippen LogP contribution in [-0.4, -0.2) is 20.1 Å².